The molecule has 0 aliphatic heterocycles. The van der Waals surface area contributed by atoms with Gasteiger partial charge in [-0.1, -0.05) is 31.5 Å². The Morgan fingerprint density at radius 3 is 2.18 bits per heavy atom. The lowest BCUT2D eigenvalue weighted by Gasteiger charge is -2.10. The number of aliphatic hydroxyl groups is 1. The van der Waals surface area contributed by atoms with Gasteiger partial charge in [-0.2, -0.15) is 15.0 Å². The third-order valence-electron chi connectivity index (χ3n) is 2.87. The number of anilines is 4. The molecule has 0 bridgehead atoms. The minimum absolute atomic E-state index is 0.0196. The molecule has 0 unspecified atom stereocenters. The van der Waals surface area contributed by atoms with Gasteiger partial charge in [0, 0.05) is 18.8 Å². The monoisotopic (exact) mass is 302 g/mol. The number of rotatable bonds is 9. The lowest BCUT2D eigenvalue weighted by molar-refractivity contribution is 0.311. The first-order valence-electron chi connectivity index (χ1n) is 7.48. The molecule has 4 N–H and O–H groups in total. The van der Waals surface area contributed by atoms with E-state index in [0.29, 0.717) is 24.4 Å². The highest BCUT2D eigenvalue weighted by Gasteiger charge is 2.06. The van der Waals surface area contributed by atoms with Crippen LogP contribution in [0.1, 0.15) is 19.8 Å². The van der Waals surface area contributed by atoms with Crippen LogP contribution in [0.4, 0.5) is 23.5 Å². The van der Waals surface area contributed by atoms with Crippen LogP contribution >= 0.6 is 0 Å². The number of aromatic nitrogens is 3. The van der Waals surface area contributed by atoms with Crippen molar-refractivity contribution in [3.63, 3.8) is 0 Å². The molecule has 0 spiro atoms. The molecule has 0 fully saturated rings. The number of hydrogen-bond donors (Lipinski definition) is 4. The Morgan fingerprint density at radius 2 is 1.55 bits per heavy atom. The molecule has 0 saturated heterocycles. The van der Waals surface area contributed by atoms with E-state index in [2.05, 4.69) is 37.8 Å². The Labute approximate surface area is 130 Å². The lowest BCUT2D eigenvalue weighted by Crippen LogP contribution is -2.13. The predicted octanol–water partition coefficient (Wildman–Crippen LogP) is 2.23. The van der Waals surface area contributed by atoms with Crippen molar-refractivity contribution in [2.75, 3.05) is 35.6 Å². The first-order chi connectivity index (χ1) is 10.8. The molecule has 118 valence electrons. The zero-order valence-electron chi connectivity index (χ0n) is 12.7. The van der Waals surface area contributed by atoms with Gasteiger partial charge >= 0.3 is 0 Å². The highest BCUT2D eigenvalue weighted by atomic mass is 16.3. The predicted molar refractivity (Wildman–Crippen MR) is 88.5 cm³/mol. The van der Waals surface area contributed by atoms with Crippen LogP contribution in [-0.2, 0) is 0 Å². The summed E-state index contributed by atoms with van der Waals surface area (Å²) in [5.41, 5.74) is 0.904. The van der Waals surface area contributed by atoms with E-state index in [1.807, 2.05) is 30.3 Å². The molecular formula is C15H22N6O. The Bertz CT molecular complexity index is 563. The van der Waals surface area contributed by atoms with Gasteiger partial charge in [-0.3, -0.25) is 0 Å². The largest absolute Gasteiger partial charge is 0.395 e. The highest BCUT2D eigenvalue weighted by molar-refractivity contribution is 5.55. The SMILES string of the molecule is CCCCNc1nc(NCCO)nc(Nc2ccccc2)n1. The van der Waals surface area contributed by atoms with E-state index in [4.69, 9.17) is 5.11 Å². The van der Waals surface area contributed by atoms with Gasteiger partial charge in [0.25, 0.3) is 0 Å². The van der Waals surface area contributed by atoms with Gasteiger partial charge in [-0.25, -0.2) is 0 Å². The maximum absolute atomic E-state index is 8.91. The second kappa shape index (κ2) is 8.78. The molecule has 1 aromatic carbocycles. The van der Waals surface area contributed by atoms with E-state index in [1.54, 1.807) is 0 Å². The fraction of sp³-hybridized carbons (Fsp3) is 0.400. The molecule has 1 heterocycles. The fourth-order valence-electron chi connectivity index (χ4n) is 1.79. The molecule has 0 amide bonds. The molecular weight excluding hydrogens is 280 g/mol. The number of para-hydroxylation sites is 1. The van der Waals surface area contributed by atoms with Crippen molar-refractivity contribution in [3.8, 4) is 0 Å². The second-order valence-electron chi connectivity index (χ2n) is 4.73. The first-order valence-corrected chi connectivity index (χ1v) is 7.48. The number of nitrogens with zero attached hydrogens (tertiary/aromatic N) is 3. The molecule has 0 radical (unpaired) electrons. The van der Waals surface area contributed by atoms with Crippen LogP contribution in [-0.4, -0.2) is 39.8 Å². The molecule has 2 aromatic rings. The van der Waals surface area contributed by atoms with Crippen molar-refractivity contribution in [2.45, 2.75) is 19.8 Å². The smallest absolute Gasteiger partial charge is 0.233 e. The van der Waals surface area contributed by atoms with Gasteiger partial charge in [0.2, 0.25) is 17.8 Å². The van der Waals surface area contributed by atoms with Gasteiger partial charge in [-0.05, 0) is 18.6 Å². The van der Waals surface area contributed by atoms with Gasteiger partial charge in [-0.15, -0.1) is 0 Å². The minimum Gasteiger partial charge on any atom is -0.395 e. The maximum Gasteiger partial charge on any atom is 0.233 e. The van der Waals surface area contributed by atoms with Crippen LogP contribution in [0.5, 0.6) is 0 Å². The van der Waals surface area contributed by atoms with Crippen molar-refractivity contribution < 1.29 is 5.11 Å². The molecule has 0 atom stereocenters. The van der Waals surface area contributed by atoms with E-state index in [9.17, 15) is 0 Å². The molecule has 0 saturated carbocycles. The summed E-state index contributed by atoms with van der Waals surface area (Å²) in [6.45, 7) is 3.35. The molecule has 2 rings (SSSR count). The lowest BCUT2D eigenvalue weighted by atomic mass is 10.3. The first kappa shape index (κ1) is 16.0. The molecule has 7 heteroatoms. The van der Waals surface area contributed by atoms with Crippen LogP contribution in [0.15, 0.2) is 30.3 Å². The van der Waals surface area contributed by atoms with Gasteiger partial charge in [0.05, 0.1) is 6.61 Å². The van der Waals surface area contributed by atoms with Crippen molar-refractivity contribution in [3.05, 3.63) is 30.3 Å². The van der Waals surface area contributed by atoms with E-state index in [1.165, 1.54) is 0 Å². The molecule has 7 nitrogen and oxygen atoms in total. The number of nitrogens with one attached hydrogen (secondary N) is 3. The van der Waals surface area contributed by atoms with E-state index >= 15 is 0 Å². The van der Waals surface area contributed by atoms with Gasteiger partial charge in [0.1, 0.15) is 0 Å². The zero-order chi connectivity index (χ0) is 15.6. The van der Waals surface area contributed by atoms with E-state index in [0.717, 1.165) is 25.1 Å². The zero-order valence-corrected chi connectivity index (χ0v) is 12.7. The van der Waals surface area contributed by atoms with Crippen LogP contribution in [0.25, 0.3) is 0 Å². The molecule has 0 aliphatic rings. The van der Waals surface area contributed by atoms with Gasteiger partial charge < -0.3 is 21.1 Å². The summed E-state index contributed by atoms with van der Waals surface area (Å²) in [6, 6.07) is 9.71. The summed E-state index contributed by atoms with van der Waals surface area (Å²) < 4.78 is 0. The highest BCUT2D eigenvalue weighted by Crippen LogP contribution is 2.15. The molecule has 1 aromatic heterocycles. The normalized spacial score (nSPS) is 10.3. The van der Waals surface area contributed by atoms with Crippen LogP contribution in [0.2, 0.25) is 0 Å². The van der Waals surface area contributed by atoms with Crippen molar-refractivity contribution in [1.82, 2.24) is 15.0 Å². The summed E-state index contributed by atoms with van der Waals surface area (Å²) in [6.07, 6.45) is 2.15. The number of hydrogen-bond acceptors (Lipinski definition) is 7. The topological polar surface area (TPSA) is 95.0 Å². The Balaban J connectivity index is 2.13. The quantitative estimate of drug-likeness (QED) is 0.528. The number of aliphatic hydroxyl groups excluding tert-OH is 1. The standard InChI is InChI=1S/C15H22N6O/c1-2-3-9-16-13-19-14(17-10-11-22)21-15(20-13)18-12-7-5-4-6-8-12/h4-8,22H,2-3,9-11H2,1H3,(H3,16,17,18,19,20,21). The van der Waals surface area contributed by atoms with Crippen molar-refractivity contribution in [1.29, 1.82) is 0 Å². The minimum atomic E-state index is 0.0196. The number of unbranched alkanes of at least 4 members (excludes halogenated alkanes) is 1. The molecule has 0 aliphatic carbocycles. The third-order valence-corrected chi connectivity index (χ3v) is 2.87. The van der Waals surface area contributed by atoms with Crippen molar-refractivity contribution in [2.24, 2.45) is 0 Å². The second-order valence-corrected chi connectivity index (χ2v) is 4.73. The summed E-state index contributed by atoms with van der Waals surface area (Å²) in [5.74, 6) is 1.41. The summed E-state index contributed by atoms with van der Waals surface area (Å²) >= 11 is 0. The maximum atomic E-state index is 8.91. The Morgan fingerprint density at radius 1 is 0.909 bits per heavy atom. The summed E-state index contributed by atoms with van der Waals surface area (Å²) in [5, 5.41) is 18.2. The van der Waals surface area contributed by atoms with Crippen LogP contribution < -0.4 is 16.0 Å². The van der Waals surface area contributed by atoms with Crippen LogP contribution in [0, 0.1) is 0 Å². The fourth-order valence-corrected chi connectivity index (χ4v) is 1.79. The third kappa shape index (κ3) is 5.17. The van der Waals surface area contributed by atoms with Crippen molar-refractivity contribution >= 4 is 23.5 Å². The number of benzene rings is 1. The Hall–Kier alpha value is -2.41. The average Bonchev–Trinajstić information content (AvgIpc) is 2.54. The average molecular weight is 302 g/mol. The Kier molecular flexibility index (Phi) is 6.38. The molecule has 22 heavy (non-hydrogen) atoms. The summed E-state index contributed by atoms with van der Waals surface area (Å²) in [4.78, 5) is 12.9. The van der Waals surface area contributed by atoms with E-state index < -0.39 is 0 Å². The summed E-state index contributed by atoms with van der Waals surface area (Å²) in [7, 11) is 0. The van der Waals surface area contributed by atoms with E-state index in [-0.39, 0.29) is 6.61 Å². The van der Waals surface area contributed by atoms with Gasteiger partial charge in [0.15, 0.2) is 0 Å². The van der Waals surface area contributed by atoms with Crippen LogP contribution in [0.3, 0.4) is 0 Å².